The Bertz CT molecular complexity index is 694. The SMILES string of the molecule is CCn1nnc(C)c1C(=O)NCC(=O)c1ccccc1OC. The van der Waals surface area contributed by atoms with E-state index in [2.05, 4.69) is 15.6 Å². The lowest BCUT2D eigenvalue weighted by atomic mass is 10.1. The van der Waals surface area contributed by atoms with Crippen molar-refractivity contribution in [1.29, 1.82) is 0 Å². The van der Waals surface area contributed by atoms with Gasteiger partial charge in [0.2, 0.25) is 0 Å². The molecule has 1 aromatic carbocycles. The number of ketones is 1. The van der Waals surface area contributed by atoms with Crippen LogP contribution in [0.3, 0.4) is 0 Å². The lowest BCUT2D eigenvalue weighted by molar-refractivity contribution is 0.0895. The van der Waals surface area contributed by atoms with E-state index in [0.717, 1.165) is 0 Å². The maximum atomic E-state index is 12.2. The fraction of sp³-hybridized carbons (Fsp3) is 0.333. The van der Waals surface area contributed by atoms with E-state index >= 15 is 0 Å². The van der Waals surface area contributed by atoms with Crippen LogP contribution < -0.4 is 10.1 Å². The topological polar surface area (TPSA) is 86.1 Å². The summed E-state index contributed by atoms with van der Waals surface area (Å²) in [5, 5.41) is 10.3. The van der Waals surface area contributed by atoms with Gasteiger partial charge in [-0.05, 0) is 26.0 Å². The minimum Gasteiger partial charge on any atom is -0.496 e. The maximum absolute atomic E-state index is 12.2. The highest BCUT2D eigenvalue weighted by Gasteiger charge is 2.18. The number of methoxy groups -OCH3 is 1. The molecule has 22 heavy (non-hydrogen) atoms. The van der Waals surface area contributed by atoms with E-state index in [4.69, 9.17) is 4.74 Å². The molecule has 7 nitrogen and oxygen atoms in total. The summed E-state index contributed by atoms with van der Waals surface area (Å²) < 4.78 is 6.64. The van der Waals surface area contributed by atoms with Crippen molar-refractivity contribution >= 4 is 11.7 Å². The molecule has 0 fully saturated rings. The van der Waals surface area contributed by atoms with Crippen LogP contribution in [0.4, 0.5) is 0 Å². The summed E-state index contributed by atoms with van der Waals surface area (Å²) >= 11 is 0. The third-order valence-corrected chi connectivity index (χ3v) is 3.24. The number of aryl methyl sites for hydroxylation is 2. The second-order valence-electron chi connectivity index (χ2n) is 4.65. The predicted molar refractivity (Wildman–Crippen MR) is 80.1 cm³/mol. The molecule has 0 radical (unpaired) electrons. The van der Waals surface area contributed by atoms with E-state index in [-0.39, 0.29) is 18.2 Å². The van der Waals surface area contributed by atoms with Crippen molar-refractivity contribution in [1.82, 2.24) is 20.3 Å². The van der Waals surface area contributed by atoms with Gasteiger partial charge in [0.15, 0.2) is 5.78 Å². The second kappa shape index (κ2) is 6.84. The molecule has 2 rings (SSSR count). The Morgan fingerprint density at radius 3 is 2.73 bits per heavy atom. The van der Waals surface area contributed by atoms with Gasteiger partial charge in [-0.15, -0.1) is 5.10 Å². The van der Waals surface area contributed by atoms with Crippen molar-refractivity contribution in [3.8, 4) is 5.75 Å². The number of amides is 1. The van der Waals surface area contributed by atoms with Crippen LogP contribution in [0.15, 0.2) is 24.3 Å². The Labute approximate surface area is 128 Å². The van der Waals surface area contributed by atoms with E-state index in [9.17, 15) is 9.59 Å². The van der Waals surface area contributed by atoms with Crippen LogP contribution in [0.25, 0.3) is 0 Å². The first-order valence-corrected chi connectivity index (χ1v) is 6.93. The normalized spacial score (nSPS) is 10.3. The van der Waals surface area contributed by atoms with E-state index in [0.29, 0.717) is 29.2 Å². The van der Waals surface area contributed by atoms with Crippen LogP contribution in [0.1, 0.15) is 33.5 Å². The molecule has 0 aliphatic carbocycles. The van der Waals surface area contributed by atoms with E-state index in [1.807, 2.05) is 6.92 Å². The van der Waals surface area contributed by atoms with Crippen LogP contribution in [0, 0.1) is 6.92 Å². The molecule has 1 amide bonds. The number of hydrogen-bond acceptors (Lipinski definition) is 5. The van der Waals surface area contributed by atoms with Crippen LogP contribution in [-0.4, -0.2) is 40.3 Å². The molecule has 0 aliphatic rings. The van der Waals surface area contributed by atoms with Crippen molar-refractivity contribution in [3.05, 3.63) is 41.2 Å². The van der Waals surface area contributed by atoms with Crippen LogP contribution >= 0.6 is 0 Å². The third-order valence-electron chi connectivity index (χ3n) is 3.24. The van der Waals surface area contributed by atoms with Gasteiger partial charge in [0.1, 0.15) is 11.4 Å². The van der Waals surface area contributed by atoms with Crippen molar-refractivity contribution in [2.45, 2.75) is 20.4 Å². The van der Waals surface area contributed by atoms with Gasteiger partial charge in [-0.2, -0.15) is 0 Å². The highest BCUT2D eigenvalue weighted by atomic mass is 16.5. The average molecular weight is 302 g/mol. The molecular formula is C15H18N4O3. The molecule has 1 N–H and O–H groups in total. The molecule has 1 aromatic heterocycles. The molecule has 7 heteroatoms. The molecule has 0 atom stereocenters. The molecular weight excluding hydrogens is 284 g/mol. The first-order chi connectivity index (χ1) is 10.6. The van der Waals surface area contributed by atoms with Crippen molar-refractivity contribution in [2.75, 3.05) is 13.7 Å². The van der Waals surface area contributed by atoms with Gasteiger partial charge < -0.3 is 10.1 Å². The van der Waals surface area contributed by atoms with Crippen molar-refractivity contribution in [2.24, 2.45) is 0 Å². The van der Waals surface area contributed by atoms with Crippen LogP contribution in [-0.2, 0) is 6.54 Å². The van der Waals surface area contributed by atoms with Gasteiger partial charge >= 0.3 is 0 Å². The predicted octanol–water partition coefficient (Wildman–Crippen LogP) is 1.23. The minimum atomic E-state index is -0.368. The molecule has 0 bridgehead atoms. The zero-order valence-electron chi connectivity index (χ0n) is 12.8. The van der Waals surface area contributed by atoms with E-state index in [1.54, 1.807) is 31.2 Å². The molecule has 2 aromatic rings. The van der Waals surface area contributed by atoms with Crippen LogP contribution in [0.2, 0.25) is 0 Å². The highest BCUT2D eigenvalue weighted by molar-refractivity contribution is 6.03. The monoisotopic (exact) mass is 302 g/mol. The summed E-state index contributed by atoms with van der Waals surface area (Å²) in [7, 11) is 1.50. The Morgan fingerprint density at radius 2 is 2.05 bits per heavy atom. The number of para-hydroxylation sites is 1. The Balaban J connectivity index is 2.08. The Hall–Kier alpha value is -2.70. The number of rotatable bonds is 6. The number of aromatic nitrogens is 3. The average Bonchev–Trinajstić information content (AvgIpc) is 2.93. The Morgan fingerprint density at radius 1 is 1.32 bits per heavy atom. The third kappa shape index (κ3) is 3.13. The highest BCUT2D eigenvalue weighted by Crippen LogP contribution is 2.17. The number of Topliss-reactive ketones (excluding diaryl/α,β-unsaturated/α-hetero) is 1. The maximum Gasteiger partial charge on any atom is 0.271 e. The van der Waals surface area contributed by atoms with Crippen molar-refractivity contribution in [3.63, 3.8) is 0 Å². The summed E-state index contributed by atoms with van der Waals surface area (Å²) in [6.45, 7) is 3.98. The number of nitrogens with zero attached hydrogens (tertiary/aromatic N) is 3. The molecule has 0 unspecified atom stereocenters. The summed E-state index contributed by atoms with van der Waals surface area (Å²) in [4.78, 5) is 24.4. The quantitative estimate of drug-likeness (QED) is 0.811. The zero-order valence-corrected chi connectivity index (χ0v) is 12.8. The number of nitrogens with one attached hydrogen (secondary N) is 1. The van der Waals surface area contributed by atoms with Gasteiger partial charge in [-0.1, -0.05) is 17.3 Å². The molecule has 0 saturated heterocycles. The first-order valence-electron chi connectivity index (χ1n) is 6.93. The minimum absolute atomic E-state index is 0.118. The Kier molecular flexibility index (Phi) is 4.88. The summed E-state index contributed by atoms with van der Waals surface area (Å²) in [6.07, 6.45) is 0. The molecule has 0 saturated carbocycles. The first kappa shape index (κ1) is 15.7. The fourth-order valence-corrected chi connectivity index (χ4v) is 2.12. The largest absolute Gasteiger partial charge is 0.496 e. The molecule has 0 aliphatic heterocycles. The van der Waals surface area contributed by atoms with Gasteiger partial charge in [-0.3, -0.25) is 9.59 Å². The number of ether oxygens (including phenoxy) is 1. The lowest BCUT2D eigenvalue weighted by Crippen LogP contribution is -2.31. The van der Waals surface area contributed by atoms with E-state index in [1.165, 1.54) is 11.8 Å². The van der Waals surface area contributed by atoms with Crippen molar-refractivity contribution < 1.29 is 14.3 Å². The lowest BCUT2D eigenvalue weighted by Gasteiger charge is -2.09. The van der Waals surface area contributed by atoms with Gasteiger partial charge in [-0.25, -0.2) is 4.68 Å². The second-order valence-corrected chi connectivity index (χ2v) is 4.65. The molecule has 116 valence electrons. The number of carbonyl (C=O) groups excluding carboxylic acids is 2. The fourth-order valence-electron chi connectivity index (χ4n) is 2.12. The summed E-state index contributed by atoms with van der Waals surface area (Å²) in [6, 6.07) is 6.90. The summed E-state index contributed by atoms with van der Waals surface area (Å²) in [5.41, 5.74) is 1.34. The number of carbonyl (C=O) groups is 2. The molecule has 0 spiro atoms. The van der Waals surface area contributed by atoms with Gasteiger partial charge in [0, 0.05) is 6.54 Å². The van der Waals surface area contributed by atoms with E-state index < -0.39 is 0 Å². The number of benzene rings is 1. The smallest absolute Gasteiger partial charge is 0.271 e. The summed E-state index contributed by atoms with van der Waals surface area (Å²) in [5.74, 6) is -0.107. The zero-order chi connectivity index (χ0) is 16.1. The standard InChI is InChI=1S/C15H18N4O3/c1-4-19-14(10(2)17-18-19)15(21)16-9-12(20)11-7-5-6-8-13(11)22-3/h5-8H,4,9H2,1-3H3,(H,16,21). The van der Waals surface area contributed by atoms with Gasteiger partial charge in [0.05, 0.1) is 24.9 Å². The van der Waals surface area contributed by atoms with Crippen LogP contribution in [0.5, 0.6) is 5.75 Å². The van der Waals surface area contributed by atoms with Gasteiger partial charge in [0.25, 0.3) is 5.91 Å². The molecule has 1 heterocycles. The number of hydrogen-bond donors (Lipinski definition) is 1.